The summed E-state index contributed by atoms with van der Waals surface area (Å²) in [6.45, 7) is 2.13. The Balaban J connectivity index is 1.95. The molecular formula is C14H13+. The van der Waals surface area contributed by atoms with Crippen molar-refractivity contribution < 1.29 is 0 Å². The van der Waals surface area contributed by atoms with Crippen molar-refractivity contribution in [3.05, 3.63) is 65.6 Å². The van der Waals surface area contributed by atoms with E-state index >= 15 is 0 Å². The zero-order valence-electron chi connectivity index (χ0n) is 8.27. The van der Waals surface area contributed by atoms with Crippen LogP contribution in [0.3, 0.4) is 0 Å². The van der Waals surface area contributed by atoms with Crippen molar-refractivity contribution >= 4 is 0 Å². The summed E-state index contributed by atoms with van der Waals surface area (Å²) >= 11 is 0. The van der Waals surface area contributed by atoms with Crippen LogP contribution >= 0.6 is 0 Å². The Bertz CT molecular complexity index is 365. The monoisotopic (exact) mass is 181 g/mol. The molecule has 0 aromatic heterocycles. The molecular weight excluding hydrogens is 168 g/mol. The summed E-state index contributed by atoms with van der Waals surface area (Å²) in [7, 11) is 0. The van der Waals surface area contributed by atoms with Gasteiger partial charge >= 0.3 is 0 Å². The van der Waals surface area contributed by atoms with Gasteiger partial charge in [-0.2, -0.15) is 0 Å². The molecule has 0 heteroatoms. The van der Waals surface area contributed by atoms with Crippen molar-refractivity contribution in [3.8, 4) is 0 Å². The highest BCUT2D eigenvalue weighted by molar-refractivity contribution is 5.49. The summed E-state index contributed by atoms with van der Waals surface area (Å²) in [4.78, 5) is 0. The van der Waals surface area contributed by atoms with Gasteiger partial charge in [-0.25, -0.2) is 0 Å². The molecule has 0 heterocycles. The fourth-order valence-corrected chi connectivity index (χ4v) is 2.37. The maximum absolute atomic E-state index is 2.31. The lowest BCUT2D eigenvalue weighted by Crippen LogP contribution is -2.06. The van der Waals surface area contributed by atoms with E-state index in [0.29, 0.717) is 11.8 Å². The summed E-state index contributed by atoms with van der Waals surface area (Å²) in [5, 5.41) is 0. The number of benzene rings is 1. The molecule has 0 aliphatic heterocycles. The minimum atomic E-state index is 0.572. The topological polar surface area (TPSA) is 0 Å². The summed E-state index contributed by atoms with van der Waals surface area (Å²) in [5.41, 5.74) is 2.74. The van der Waals surface area contributed by atoms with E-state index < -0.39 is 0 Å². The van der Waals surface area contributed by atoms with Crippen LogP contribution in [0.5, 0.6) is 0 Å². The molecule has 1 aromatic rings. The van der Waals surface area contributed by atoms with Crippen molar-refractivity contribution in [1.82, 2.24) is 0 Å². The molecule has 2 bridgehead atoms. The predicted octanol–water partition coefficient (Wildman–Crippen LogP) is 3.29. The van der Waals surface area contributed by atoms with E-state index in [1.807, 2.05) is 0 Å². The van der Waals surface area contributed by atoms with Crippen LogP contribution in [0.15, 0.2) is 48.6 Å². The molecule has 0 spiro atoms. The standard InChI is InChI=1S/C14H13/c1-10-2-4-11(5-3-10)14-12-6-7-13(14)9-8-12/h2-9,12-13H,1H3/q+1. The largest absolute Gasteiger partial charge is 0.134 e. The van der Waals surface area contributed by atoms with Crippen LogP contribution < -0.4 is 0 Å². The first-order valence-electron chi connectivity index (χ1n) is 5.15. The molecule has 0 fully saturated rings. The second kappa shape index (κ2) is 2.78. The predicted molar refractivity (Wildman–Crippen MR) is 58.8 cm³/mol. The van der Waals surface area contributed by atoms with E-state index in [1.165, 1.54) is 11.1 Å². The van der Waals surface area contributed by atoms with E-state index in [1.54, 1.807) is 5.92 Å². The molecule has 68 valence electrons. The van der Waals surface area contributed by atoms with Crippen molar-refractivity contribution in [2.45, 2.75) is 6.92 Å². The molecule has 0 saturated heterocycles. The second-order valence-corrected chi connectivity index (χ2v) is 4.14. The van der Waals surface area contributed by atoms with E-state index in [2.05, 4.69) is 55.5 Å². The first kappa shape index (κ1) is 7.93. The van der Waals surface area contributed by atoms with Crippen LogP contribution in [0.4, 0.5) is 0 Å². The Morgan fingerprint density at radius 3 is 1.86 bits per heavy atom. The molecule has 0 amide bonds. The molecule has 0 radical (unpaired) electrons. The minimum absolute atomic E-state index is 0.572. The molecule has 0 atom stereocenters. The summed E-state index contributed by atoms with van der Waals surface area (Å²) in [5.74, 6) is 2.70. The number of aryl methyl sites for hydroxylation is 1. The number of hydrogen-bond acceptors (Lipinski definition) is 0. The molecule has 14 heavy (non-hydrogen) atoms. The van der Waals surface area contributed by atoms with Crippen LogP contribution in [-0.2, 0) is 0 Å². The van der Waals surface area contributed by atoms with Gasteiger partial charge in [0.15, 0.2) is 0 Å². The molecule has 0 unspecified atom stereocenters. The smallest absolute Gasteiger partial charge is 0.0628 e. The van der Waals surface area contributed by atoms with Crippen LogP contribution in [0, 0.1) is 24.7 Å². The highest BCUT2D eigenvalue weighted by Gasteiger charge is 2.40. The quantitative estimate of drug-likeness (QED) is 0.460. The van der Waals surface area contributed by atoms with Gasteiger partial charge in [0.1, 0.15) is 5.56 Å². The summed E-state index contributed by atoms with van der Waals surface area (Å²) in [6.07, 6.45) is 9.22. The minimum Gasteiger partial charge on any atom is -0.0628 e. The Hall–Kier alpha value is -1.43. The lowest BCUT2D eigenvalue weighted by atomic mass is 9.87. The molecule has 3 rings (SSSR count). The maximum atomic E-state index is 2.31. The number of allylic oxidation sites excluding steroid dienone is 4. The van der Waals surface area contributed by atoms with Crippen LogP contribution in [0.1, 0.15) is 11.1 Å². The van der Waals surface area contributed by atoms with E-state index in [-0.39, 0.29) is 0 Å². The Labute approximate surface area is 85.0 Å². The van der Waals surface area contributed by atoms with Crippen molar-refractivity contribution in [2.24, 2.45) is 11.8 Å². The molecule has 0 nitrogen and oxygen atoms in total. The lowest BCUT2D eigenvalue weighted by molar-refractivity contribution is 0.818. The molecule has 0 saturated carbocycles. The van der Waals surface area contributed by atoms with Gasteiger partial charge < -0.3 is 0 Å². The Kier molecular flexibility index (Phi) is 1.57. The van der Waals surface area contributed by atoms with Crippen LogP contribution in [0.2, 0.25) is 0 Å². The summed E-state index contributed by atoms with van der Waals surface area (Å²) < 4.78 is 0. The highest BCUT2D eigenvalue weighted by atomic mass is 14.4. The van der Waals surface area contributed by atoms with Crippen molar-refractivity contribution in [3.63, 3.8) is 0 Å². The lowest BCUT2D eigenvalue weighted by Gasteiger charge is -2.08. The molecule has 2 aliphatic rings. The van der Waals surface area contributed by atoms with E-state index in [4.69, 9.17) is 0 Å². The zero-order valence-corrected chi connectivity index (χ0v) is 8.27. The zero-order chi connectivity index (χ0) is 9.54. The number of rotatable bonds is 1. The Morgan fingerprint density at radius 2 is 1.36 bits per heavy atom. The average Bonchev–Trinajstić information content (AvgIpc) is 2.78. The van der Waals surface area contributed by atoms with Gasteiger partial charge in [0.25, 0.3) is 0 Å². The maximum Gasteiger partial charge on any atom is 0.134 e. The Morgan fingerprint density at radius 1 is 0.857 bits per heavy atom. The number of fused-ring (bicyclic) bond motifs is 2. The van der Waals surface area contributed by atoms with Gasteiger partial charge in [0, 0.05) is 12.1 Å². The third-order valence-corrected chi connectivity index (χ3v) is 3.15. The fraction of sp³-hybridized carbons (Fsp3) is 0.214. The normalized spacial score (nSPS) is 27.6. The first-order valence-corrected chi connectivity index (χ1v) is 5.15. The van der Waals surface area contributed by atoms with Crippen molar-refractivity contribution in [2.75, 3.05) is 0 Å². The molecule has 1 aromatic carbocycles. The number of hydrogen-bond donors (Lipinski definition) is 0. The second-order valence-electron chi connectivity index (χ2n) is 4.14. The van der Waals surface area contributed by atoms with Gasteiger partial charge in [-0.1, -0.05) is 24.3 Å². The SMILES string of the molecule is Cc1ccc([C+]2C3C=CC2C=C3)cc1. The van der Waals surface area contributed by atoms with Gasteiger partial charge in [-0.05, 0) is 24.6 Å². The van der Waals surface area contributed by atoms with Gasteiger partial charge in [0.2, 0.25) is 0 Å². The first-order chi connectivity index (χ1) is 6.84. The summed E-state index contributed by atoms with van der Waals surface area (Å²) in [6, 6.07) is 8.87. The van der Waals surface area contributed by atoms with Gasteiger partial charge in [0.05, 0.1) is 17.8 Å². The van der Waals surface area contributed by atoms with Gasteiger partial charge in [-0.3, -0.25) is 0 Å². The third-order valence-electron chi connectivity index (χ3n) is 3.15. The van der Waals surface area contributed by atoms with E-state index in [0.717, 1.165) is 0 Å². The van der Waals surface area contributed by atoms with E-state index in [9.17, 15) is 0 Å². The van der Waals surface area contributed by atoms with Crippen molar-refractivity contribution in [1.29, 1.82) is 0 Å². The van der Waals surface area contributed by atoms with Crippen LogP contribution in [0.25, 0.3) is 0 Å². The molecule has 2 aliphatic carbocycles. The molecule has 0 N–H and O–H groups in total. The van der Waals surface area contributed by atoms with Gasteiger partial charge in [-0.15, -0.1) is 0 Å². The fourth-order valence-electron chi connectivity index (χ4n) is 2.37. The highest BCUT2D eigenvalue weighted by Crippen LogP contribution is 2.44. The third kappa shape index (κ3) is 1.04. The van der Waals surface area contributed by atoms with Crippen LogP contribution in [-0.4, -0.2) is 0 Å². The average molecular weight is 181 g/mol.